The Bertz CT molecular complexity index is 997. The lowest BCUT2D eigenvalue weighted by Crippen LogP contribution is -2.50. The molecule has 0 radical (unpaired) electrons. The Morgan fingerprint density at radius 3 is 2.42 bits per heavy atom. The molecular weight excluding hydrogens is 480 g/mol. The number of hydrogen-bond donors (Lipinski definition) is 2. The number of amides is 2. The van der Waals surface area contributed by atoms with Gasteiger partial charge in [0.25, 0.3) is 0 Å². The smallest absolute Gasteiger partial charge is 0.231 e. The van der Waals surface area contributed by atoms with Gasteiger partial charge in [0.2, 0.25) is 11.8 Å². The summed E-state index contributed by atoms with van der Waals surface area (Å²) >= 11 is 0. The Hall–Kier alpha value is -3.05. The van der Waals surface area contributed by atoms with Crippen molar-refractivity contribution in [2.45, 2.75) is 91.8 Å². The van der Waals surface area contributed by atoms with Gasteiger partial charge in [0.05, 0.1) is 18.0 Å². The fraction of sp³-hybridized carbons (Fsp3) is 0.633. The average molecular weight is 529 g/mol. The zero-order valence-corrected chi connectivity index (χ0v) is 24.8. The molecule has 38 heavy (non-hydrogen) atoms. The maximum atomic E-state index is 13.0. The Kier molecular flexibility index (Phi) is 12.3. The third-order valence-electron chi connectivity index (χ3n) is 6.48. The molecule has 1 aromatic rings. The third-order valence-corrected chi connectivity index (χ3v) is 6.48. The van der Waals surface area contributed by atoms with Crippen LogP contribution in [0.4, 0.5) is 0 Å². The van der Waals surface area contributed by atoms with Crippen LogP contribution in [0.15, 0.2) is 23.2 Å². The monoisotopic (exact) mass is 528 g/mol. The maximum Gasteiger partial charge on any atom is 0.231 e. The number of carbonyl (C=O) groups excluding carboxylic acids is 2. The largest absolute Gasteiger partial charge is 0.487 e. The number of fused-ring (bicyclic) bond motifs is 1. The molecule has 3 aliphatic rings. The highest BCUT2D eigenvalue weighted by molar-refractivity contribution is 5.99. The van der Waals surface area contributed by atoms with Crippen LogP contribution < -0.4 is 15.8 Å². The first-order valence-electron chi connectivity index (χ1n) is 13.4. The van der Waals surface area contributed by atoms with Crippen molar-refractivity contribution in [1.29, 1.82) is 0 Å². The van der Waals surface area contributed by atoms with Crippen LogP contribution in [0.5, 0.6) is 5.75 Å². The number of aliphatic imine (C=N–C) groups is 1. The summed E-state index contributed by atoms with van der Waals surface area (Å²) < 4.78 is 10.6. The number of terminal acetylenes is 1. The van der Waals surface area contributed by atoms with E-state index in [1.807, 2.05) is 67.5 Å². The van der Waals surface area contributed by atoms with Gasteiger partial charge in [-0.15, -0.1) is 12.8 Å². The van der Waals surface area contributed by atoms with Crippen molar-refractivity contribution in [2.24, 2.45) is 22.6 Å². The van der Waals surface area contributed by atoms with Gasteiger partial charge in [-0.3, -0.25) is 14.5 Å². The number of carbonyl (C=O) groups is 2. The molecule has 1 aromatic carbocycles. The van der Waals surface area contributed by atoms with E-state index in [2.05, 4.69) is 34.0 Å². The number of nitrogens with one attached hydrogen (secondary N) is 1. The van der Waals surface area contributed by atoms with Crippen molar-refractivity contribution in [3.05, 3.63) is 29.3 Å². The van der Waals surface area contributed by atoms with Crippen molar-refractivity contribution in [1.82, 2.24) is 10.2 Å². The molecule has 2 amide bonds. The minimum atomic E-state index is -0.459. The van der Waals surface area contributed by atoms with E-state index in [-0.39, 0.29) is 41.3 Å². The van der Waals surface area contributed by atoms with Crippen LogP contribution in [0.2, 0.25) is 0 Å². The molecule has 3 N–H and O–H groups in total. The molecule has 2 aliphatic heterocycles. The van der Waals surface area contributed by atoms with E-state index in [0.717, 1.165) is 29.9 Å². The van der Waals surface area contributed by atoms with E-state index in [0.29, 0.717) is 19.4 Å². The lowest BCUT2D eigenvalue weighted by atomic mass is 9.89. The van der Waals surface area contributed by atoms with E-state index >= 15 is 0 Å². The number of hydrogen-bond acceptors (Lipinski definition) is 6. The minimum absolute atomic E-state index is 0.0193. The predicted octanol–water partition coefficient (Wildman–Crippen LogP) is 4.60. The lowest BCUT2D eigenvalue weighted by molar-refractivity contribution is -0.130. The molecule has 0 saturated heterocycles. The van der Waals surface area contributed by atoms with Gasteiger partial charge in [-0.1, -0.05) is 31.5 Å². The van der Waals surface area contributed by atoms with Gasteiger partial charge >= 0.3 is 0 Å². The van der Waals surface area contributed by atoms with Gasteiger partial charge in [-0.2, -0.15) is 0 Å². The number of nitrogens with zero attached hydrogens (tertiary/aromatic N) is 2. The molecule has 8 nitrogen and oxygen atoms in total. The van der Waals surface area contributed by atoms with Gasteiger partial charge in [-0.05, 0) is 59.9 Å². The van der Waals surface area contributed by atoms with Gasteiger partial charge in [0.15, 0.2) is 5.96 Å². The molecular formula is C30H48N4O4. The zero-order valence-electron chi connectivity index (χ0n) is 24.8. The third kappa shape index (κ3) is 9.05. The normalized spacial score (nSPS) is 23.8. The molecule has 8 heteroatoms. The summed E-state index contributed by atoms with van der Waals surface area (Å²) in [5.41, 5.74) is 7.40. The summed E-state index contributed by atoms with van der Waals surface area (Å²) in [6, 6.07) is 6.02. The predicted molar refractivity (Wildman–Crippen MR) is 154 cm³/mol. The van der Waals surface area contributed by atoms with E-state index in [1.165, 1.54) is 0 Å². The standard InChI is InChI=1S/C23H32N4O3.C3H8O.C2H6.C2H2/c1-13-6-7-18-16(8-13)17(10-23(4,5)30-18)25-20(29)15-9-14(15)12-27-19(28)11-22(2,3)26-21(27)24;1-3-4-2;2*1-2/h6-8,14-15,17H,9-12H2,1-5H3,(H2,24,26)(H,25,29);3H2,1-2H3;1-2H3;1-2H/t14-,15?,17+;;;/m1.../s1. The number of benzene rings is 1. The van der Waals surface area contributed by atoms with Gasteiger partial charge in [0, 0.05) is 38.2 Å². The van der Waals surface area contributed by atoms with Crippen LogP contribution in [-0.2, 0) is 14.3 Å². The summed E-state index contributed by atoms with van der Waals surface area (Å²) in [5, 5.41) is 3.24. The summed E-state index contributed by atoms with van der Waals surface area (Å²) in [6.07, 6.45) is 9.82. The quantitative estimate of drug-likeness (QED) is 0.543. The molecule has 3 atom stereocenters. The summed E-state index contributed by atoms with van der Waals surface area (Å²) in [4.78, 5) is 31.4. The highest BCUT2D eigenvalue weighted by atomic mass is 16.5. The molecule has 212 valence electrons. The highest BCUT2D eigenvalue weighted by Crippen LogP contribution is 2.43. The maximum absolute atomic E-state index is 13.0. The van der Waals surface area contributed by atoms with Crippen molar-refractivity contribution in [3.63, 3.8) is 0 Å². The number of methoxy groups -OCH3 is 1. The molecule has 0 bridgehead atoms. The van der Waals surface area contributed by atoms with Crippen molar-refractivity contribution in [3.8, 4) is 18.6 Å². The van der Waals surface area contributed by atoms with Crippen LogP contribution in [0.1, 0.15) is 84.9 Å². The Morgan fingerprint density at radius 1 is 1.26 bits per heavy atom. The Labute approximate surface area is 229 Å². The van der Waals surface area contributed by atoms with Gasteiger partial charge in [0.1, 0.15) is 11.4 Å². The fourth-order valence-corrected chi connectivity index (χ4v) is 4.59. The number of aryl methyl sites for hydroxylation is 1. The van der Waals surface area contributed by atoms with Crippen molar-refractivity contribution in [2.75, 3.05) is 20.3 Å². The first kappa shape index (κ1) is 33.0. The second kappa shape index (κ2) is 14.2. The summed E-state index contributed by atoms with van der Waals surface area (Å²) in [6.45, 7) is 17.2. The van der Waals surface area contributed by atoms with Crippen LogP contribution in [0.3, 0.4) is 0 Å². The SMILES string of the molecule is C#C.CC.CCOC.Cc1ccc2c(c1)[C@@H](NC(=O)C1C[C@@H]1CN1C(=O)CC(C)(C)N=C1N)CC(C)(C)O2. The second-order valence-corrected chi connectivity index (χ2v) is 10.8. The first-order valence-corrected chi connectivity index (χ1v) is 13.4. The fourth-order valence-electron chi connectivity index (χ4n) is 4.59. The van der Waals surface area contributed by atoms with Crippen LogP contribution in [-0.4, -0.2) is 54.1 Å². The molecule has 0 spiro atoms. The zero-order chi connectivity index (χ0) is 29.3. The van der Waals surface area contributed by atoms with Gasteiger partial charge in [-0.25, -0.2) is 4.99 Å². The lowest BCUT2D eigenvalue weighted by Gasteiger charge is -2.38. The van der Waals surface area contributed by atoms with E-state index in [4.69, 9.17) is 10.5 Å². The van der Waals surface area contributed by atoms with E-state index in [1.54, 1.807) is 12.0 Å². The van der Waals surface area contributed by atoms with Crippen LogP contribution in [0, 0.1) is 31.6 Å². The second-order valence-electron chi connectivity index (χ2n) is 10.8. The molecule has 1 unspecified atom stereocenters. The molecule has 2 heterocycles. The summed E-state index contributed by atoms with van der Waals surface area (Å²) in [5.74, 6) is 1.14. The highest BCUT2D eigenvalue weighted by Gasteiger charge is 2.47. The van der Waals surface area contributed by atoms with Crippen LogP contribution >= 0.6 is 0 Å². The van der Waals surface area contributed by atoms with Crippen LogP contribution in [0.25, 0.3) is 0 Å². The van der Waals surface area contributed by atoms with E-state index in [9.17, 15) is 9.59 Å². The summed E-state index contributed by atoms with van der Waals surface area (Å²) in [7, 11) is 1.68. The molecule has 1 saturated carbocycles. The average Bonchev–Trinajstić information content (AvgIpc) is 3.63. The molecule has 4 rings (SSSR count). The van der Waals surface area contributed by atoms with Crippen molar-refractivity contribution >= 4 is 17.8 Å². The first-order chi connectivity index (χ1) is 17.9. The Morgan fingerprint density at radius 2 is 1.87 bits per heavy atom. The van der Waals surface area contributed by atoms with E-state index < -0.39 is 5.54 Å². The molecule has 0 aromatic heterocycles. The number of ether oxygens (including phenoxy) is 2. The number of guanidine groups is 1. The Balaban J connectivity index is 0.000000811. The topological polar surface area (TPSA) is 106 Å². The molecule has 1 fully saturated rings. The van der Waals surface area contributed by atoms with Crippen molar-refractivity contribution < 1.29 is 19.1 Å². The van der Waals surface area contributed by atoms with Gasteiger partial charge < -0.3 is 20.5 Å². The molecule has 1 aliphatic carbocycles. The number of nitrogens with two attached hydrogens (primary N) is 1. The number of rotatable bonds is 5. The minimum Gasteiger partial charge on any atom is -0.487 e.